The fourth-order valence-corrected chi connectivity index (χ4v) is 4.06. The summed E-state index contributed by atoms with van der Waals surface area (Å²) in [6.07, 6.45) is 3.31. The van der Waals surface area contributed by atoms with Gasteiger partial charge in [0.2, 0.25) is 0 Å². The number of piperidine rings is 1. The van der Waals surface area contributed by atoms with Crippen molar-refractivity contribution in [2.45, 2.75) is 38.0 Å². The van der Waals surface area contributed by atoms with Gasteiger partial charge in [0.15, 0.2) is 0 Å². The lowest BCUT2D eigenvalue weighted by Crippen LogP contribution is -2.55. The molecule has 28 heavy (non-hydrogen) atoms. The highest BCUT2D eigenvalue weighted by Gasteiger charge is 2.36. The van der Waals surface area contributed by atoms with Crippen molar-refractivity contribution in [3.8, 4) is 0 Å². The molecule has 5 heteroatoms. The Hall–Kier alpha value is -2.63. The number of hydrogen-bond acceptors (Lipinski definition) is 3. The van der Waals surface area contributed by atoms with Crippen LogP contribution in [0.2, 0.25) is 0 Å². The largest absolute Gasteiger partial charge is 0.388 e. The molecule has 1 aliphatic heterocycles. The Morgan fingerprint density at radius 2 is 1.89 bits per heavy atom. The summed E-state index contributed by atoms with van der Waals surface area (Å²) in [4.78, 5) is 13.1. The Bertz CT molecular complexity index is 958. The summed E-state index contributed by atoms with van der Waals surface area (Å²) in [6, 6.07) is 17.7. The van der Waals surface area contributed by atoms with E-state index in [0.717, 1.165) is 24.0 Å². The van der Waals surface area contributed by atoms with Crippen LogP contribution in [-0.2, 0) is 6.54 Å². The van der Waals surface area contributed by atoms with Gasteiger partial charge < -0.3 is 20.3 Å². The van der Waals surface area contributed by atoms with Gasteiger partial charge in [0, 0.05) is 18.1 Å². The number of nitrogens with one attached hydrogen (secondary N) is 2. The lowest BCUT2D eigenvalue weighted by molar-refractivity contribution is -0.0179. The van der Waals surface area contributed by atoms with Crippen molar-refractivity contribution in [2.75, 3.05) is 13.1 Å². The molecule has 1 fully saturated rings. The maximum Gasteiger partial charge on any atom is 0.253 e. The molecule has 0 radical (unpaired) electrons. The monoisotopic (exact) mass is 377 g/mol. The van der Waals surface area contributed by atoms with Crippen LogP contribution < -0.4 is 10.6 Å². The summed E-state index contributed by atoms with van der Waals surface area (Å²) in [6.45, 7) is 4.14. The first-order valence-corrected chi connectivity index (χ1v) is 9.92. The number of carbonyl (C=O) groups is 1. The van der Waals surface area contributed by atoms with Gasteiger partial charge in [-0.3, -0.25) is 4.79 Å². The highest BCUT2D eigenvalue weighted by atomic mass is 16.3. The van der Waals surface area contributed by atoms with Gasteiger partial charge in [0.1, 0.15) is 0 Å². The van der Waals surface area contributed by atoms with Gasteiger partial charge in [-0.05, 0) is 50.6 Å². The van der Waals surface area contributed by atoms with Crippen LogP contribution in [0.4, 0.5) is 0 Å². The van der Waals surface area contributed by atoms with Gasteiger partial charge in [-0.25, -0.2) is 0 Å². The van der Waals surface area contributed by atoms with Crippen LogP contribution >= 0.6 is 0 Å². The highest BCUT2D eigenvalue weighted by Crippen LogP contribution is 2.25. The number of para-hydroxylation sites is 1. The van der Waals surface area contributed by atoms with Gasteiger partial charge in [-0.1, -0.05) is 42.5 Å². The van der Waals surface area contributed by atoms with E-state index in [4.69, 9.17) is 0 Å². The molecule has 1 aliphatic rings. The zero-order valence-electron chi connectivity index (χ0n) is 16.2. The minimum atomic E-state index is -0.860. The first kappa shape index (κ1) is 18.7. The smallest absolute Gasteiger partial charge is 0.253 e. The van der Waals surface area contributed by atoms with Crippen molar-refractivity contribution in [1.29, 1.82) is 0 Å². The highest BCUT2D eigenvalue weighted by molar-refractivity contribution is 6.06. The molecule has 3 aromatic rings. The fraction of sp³-hybridized carbons (Fsp3) is 0.348. The van der Waals surface area contributed by atoms with Crippen LogP contribution in [0.1, 0.15) is 35.7 Å². The summed E-state index contributed by atoms with van der Waals surface area (Å²) in [5.41, 5.74) is 1.89. The third-order valence-corrected chi connectivity index (χ3v) is 5.85. The number of amides is 1. The molecule has 2 heterocycles. The van der Waals surface area contributed by atoms with E-state index in [9.17, 15) is 9.90 Å². The zero-order chi connectivity index (χ0) is 19.6. The van der Waals surface area contributed by atoms with Crippen molar-refractivity contribution in [3.63, 3.8) is 0 Å². The molecule has 0 bridgehead atoms. The molecule has 5 nitrogen and oxygen atoms in total. The lowest BCUT2D eigenvalue weighted by atomic mass is 9.85. The predicted molar refractivity (Wildman–Crippen MR) is 111 cm³/mol. The first-order valence-electron chi connectivity index (χ1n) is 9.92. The molecule has 4 rings (SSSR count). The Balaban J connectivity index is 1.61. The summed E-state index contributed by atoms with van der Waals surface area (Å²) >= 11 is 0. The van der Waals surface area contributed by atoms with Crippen molar-refractivity contribution < 1.29 is 9.90 Å². The van der Waals surface area contributed by atoms with Gasteiger partial charge in [-0.2, -0.15) is 0 Å². The second-order valence-electron chi connectivity index (χ2n) is 7.72. The van der Waals surface area contributed by atoms with Crippen molar-refractivity contribution in [2.24, 2.45) is 0 Å². The fourth-order valence-electron chi connectivity index (χ4n) is 4.06. The molecule has 1 saturated heterocycles. The molecule has 1 aromatic heterocycles. The van der Waals surface area contributed by atoms with Gasteiger partial charge in [0.25, 0.3) is 5.91 Å². The van der Waals surface area contributed by atoms with Crippen LogP contribution in [0.25, 0.3) is 10.9 Å². The van der Waals surface area contributed by atoms with Crippen molar-refractivity contribution in [3.05, 3.63) is 71.9 Å². The molecule has 0 aliphatic carbocycles. The quantitative estimate of drug-likeness (QED) is 0.641. The molecule has 0 spiro atoms. The normalized spacial score (nSPS) is 17.4. The number of aliphatic hydroxyl groups is 1. The summed E-state index contributed by atoms with van der Waals surface area (Å²) in [5, 5.41) is 18.2. The summed E-state index contributed by atoms with van der Waals surface area (Å²) < 4.78 is 2.11. The number of carbonyl (C=O) groups excluding carboxylic acids is 1. The van der Waals surface area contributed by atoms with E-state index in [2.05, 4.69) is 27.3 Å². The van der Waals surface area contributed by atoms with E-state index in [1.807, 2.05) is 55.6 Å². The molecule has 2 aromatic carbocycles. The molecule has 146 valence electrons. The molecular formula is C23H27N3O2. The topological polar surface area (TPSA) is 66.3 Å². The molecule has 0 saturated carbocycles. The van der Waals surface area contributed by atoms with E-state index < -0.39 is 5.60 Å². The predicted octanol–water partition coefficient (Wildman–Crippen LogP) is 2.92. The Morgan fingerprint density at radius 1 is 1.14 bits per heavy atom. The summed E-state index contributed by atoms with van der Waals surface area (Å²) in [5.74, 6) is -0.141. The first-order chi connectivity index (χ1) is 13.6. The Kier molecular flexibility index (Phi) is 5.20. The number of nitrogens with zero attached hydrogens (tertiary/aromatic N) is 1. The van der Waals surface area contributed by atoms with E-state index in [0.29, 0.717) is 24.9 Å². The summed E-state index contributed by atoms with van der Waals surface area (Å²) in [7, 11) is 0. The standard InChI is InChI=1S/C23H27N3O2/c1-17(23(28)11-13-24-14-12-23)25-22(27)20-9-5-8-19-10-15-26(21(19)20)16-18-6-3-2-4-7-18/h2-10,15,17,24,28H,11-14,16H2,1H3,(H,25,27). The minimum absolute atomic E-state index is 0.141. The van der Waals surface area contributed by atoms with Crippen molar-refractivity contribution >= 4 is 16.8 Å². The van der Waals surface area contributed by atoms with E-state index in [-0.39, 0.29) is 11.9 Å². The number of aromatic nitrogens is 1. The van der Waals surface area contributed by atoms with Crippen LogP contribution in [0, 0.1) is 0 Å². The number of fused-ring (bicyclic) bond motifs is 1. The average Bonchev–Trinajstić information content (AvgIpc) is 3.12. The van der Waals surface area contributed by atoms with Crippen LogP contribution in [0.15, 0.2) is 60.8 Å². The molecule has 1 atom stereocenters. The maximum absolute atomic E-state index is 13.1. The number of hydrogen-bond donors (Lipinski definition) is 3. The van der Waals surface area contributed by atoms with Crippen LogP contribution in [0.3, 0.4) is 0 Å². The van der Waals surface area contributed by atoms with Crippen LogP contribution in [0.5, 0.6) is 0 Å². The average molecular weight is 377 g/mol. The molecule has 1 unspecified atom stereocenters. The van der Waals surface area contributed by atoms with Gasteiger partial charge in [-0.15, -0.1) is 0 Å². The Labute approximate surface area is 165 Å². The van der Waals surface area contributed by atoms with Crippen LogP contribution in [-0.4, -0.2) is 40.3 Å². The lowest BCUT2D eigenvalue weighted by Gasteiger charge is -2.38. The second kappa shape index (κ2) is 7.78. The van der Waals surface area contributed by atoms with Gasteiger partial charge >= 0.3 is 0 Å². The molecular weight excluding hydrogens is 350 g/mol. The minimum Gasteiger partial charge on any atom is -0.388 e. The zero-order valence-corrected chi connectivity index (χ0v) is 16.2. The van der Waals surface area contributed by atoms with E-state index in [1.54, 1.807) is 0 Å². The van der Waals surface area contributed by atoms with Crippen molar-refractivity contribution in [1.82, 2.24) is 15.2 Å². The second-order valence-corrected chi connectivity index (χ2v) is 7.72. The molecule has 1 amide bonds. The SMILES string of the molecule is CC(NC(=O)c1cccc2ccn(Cc3ccccc3)c12)C1(O)CCNCC1. The van der Waals surface area contributed by atoms with Gasteiger partial charge in [0.05, 0.1) is 22.7 Å². The van der Waals surface area contributed by atoms with E-state index >= 15 is 0 Å². The third-order valence-electron chi connectivity index (χ3n) is 5.85. The van der Waals surface area contributed by atoms with E-state index in [1.165, 1.54) is 5.56 Å². The molecule has 3 N–H and O–H groups in total. The number of rotatable bonds is 5. The Morgan fingerprint density at radius 3 is 2.64 bits per heavy atom. The maximum atomic E-state index is 13.1. The number of benzene rings is 2. The third kappa shape index (κ3) is 3.68.